The summed E-state index contributed by atoms with van der Waals surface area (Å²) in [4.78, 5) is 12.3. The molecule has 4 rings (SSSR count). The fourth-order valence-electron chi connectivity index (χ4n) is 3.58. The van der Waals surface area contributed by atoms with E-state index >= 15 is 0 Å². The molecule has 170 valence electrons. The van der Waals surface area contributed by atoms with Crippen LogP contribution in [0.15, 0.2) is 79.0 Å². The monoisotopic (exact) mass is 447 g/mol. The van der Waals surface area contributed by atoms with Crippen molar-refractivity contribution >= 4 is 16.8 Å². The van der Waals surface area contributed by atoms with Crippen LogP contribution in [-0.4, -0.2) is 32.4 Å². The second-order valence-corrected chi connectivity index (χ2v) is 8.52. The molecule has 1 amide bonds. The van der Waals surface area contributed by atoms with Crippen LogP contribution in [-0.2, 0) is 4.79 Å². The van der Waals surface area contributed by atoms with Gasteiger partial charge in [0, 0.05) is 5.39 Å². The molecule has 2 atom stereocenters. The molecular weight excluding hydrogens is 421 g/mol. The van der Waals surface area contributed by atoms with Crippen LogP contribution in [0, 0.1) is 5.82 Å². The Morgan fingerprint density at radius 1 is 1.09 bits per heavy atom. The van der Waals surface area contributed by atoms with Crippen molar-refractivity contribution in [2.24, 2.45) is 0 Å². The largest absolute Gasteiger partial charge is 0.484 e. The summed E-state index contributed by atoms with van der Waals surface area (Å²) >= 11 is 0. The van der Waals surface area contributed by atoms with Crippen LogP contribution < -0.4 is 10.1 Å². The van der Waals surface area contributed by atoms with Crippen molar-refractivity contribution < 1.29 is 19.0 Å². The average Bonchev–Trinajstić information content (AvgIpc) is 3.21. The highest BCUT2D eigenvalue weighted by Crippen LogP contribution is 2.29. The molecule has 0 radical (unpaired) electrons. The first kappa shape index (κ1) is 22.5. The molecule has 0 aliphatic rings. The number of nitrogens with one attached hydrogen (secondary N) is 1. The highest BCUT2D eigenvalue weighted by atomic mass is 19.1. The minimum absolute atomic E-state index is 0.302. The highest BCUT2D eigenvalue weighted by Gasteiger charge is 2.29. The van der Waals surface area contributed by atoms with Crippen LogP contribution in [0.4, 0.5) is 4.39 Å². The Balaban J connectivity index is 1.62. The fourth-order valence-corrected chi connectivity index (χ4v) is 3.58. The number of hydrogen-bond donors (Lipinski definition) is 2. The van der Waals surface area contributed by atoms with Gasteiger partial charge in [-0.2, -0.15) is 5.10 Å². The maximum Gasteiger partial charge on any atom is 0.251 e. The molecule has 7 heteroatoms. The number of carbonyl (C=O) groups excluding carboxylic acids is 1. The third kappa shape index (κ3) is 5.04. The van der Waals surface area contributed by atoms with E-state index < -0.39 is 23.7 Å². The lowest BCUT2D eigenvalue weighted by atomic mass is 10.0. The van der Waals surface area contributed by atoms with Crippen LogP contribution >= 0.6 is 0 Å². The van der Waals surface area contributed by atoms with E-state index in [1.54, 1.807) is 23.0 Å². The Morgan fingerprint density at radius 3 is 2.45 bits per heavy atom. The number of aliphatic hydroxyl groups is 1. The molecule has 0 aliphatic carbocycles. The van der Waals surface area contributed by atoms with Gasteiger partial charge in [-0.05, 0) is 68.8 Å². The zero-order valence-corrected chi connectivity index (χ0v) is 18.7. The van der Waals surface area contributed by atoms with E-state index in [1.807, 2.05) is 55.5 Å². The second-order valence-electron chi connectivity index (χ2n) is 8.52. The first-order valence-corrected chi connectivity index (χ1v) is 10.7. The summed E-state index contributed by atoms with van der Waals surface area (Å²) in [7, 11) is 0. The number of aromatic nitrogens is 2. The number of hydrogen-bond acceptors (Lipinski definition) is 4. The Morgan fingerprint density at radius 2 is 1.79 bits per heavy atom. The topological polar surface area (TPSA) is 76.4 Å². The Bertz CT molecular complexity index is 1250. The molecule has 1 aromatic heterocycles. The van der Waals surface area contributed by atoms with E-state index in [2.05, 4.69) is 10.4 Å². The van der Waals surface area contributed by atoms with Crippen LogP contribution in [0.25, 0.3) is 16.6 Å². The minimum Gasteiger partial charge on any atom is -0.484 e. The highest BCUT2D eigenvalue weighted by molar-refractivity contribution is 5.84. The molecule has 0 aliphatic heterocycles. The summed E-state index contributed by atoms with van der Waals surface area (Å²) in [5.74, 6) is -0.168. The predicted octanol–water partition coefficient (Wildman–Crippen LogP) is 4.56. The van der Waals surface area contributed by atoms with Crippen molar-refractivity contribution in [3.05, 3.63) is 90.4 Å². The summed E-state index contributed by atoms with van der Waals surface area (Å²) < 4.78 is 21.3. The zero-order valence-electron chi connectivity index (χ0n) is 18.7. The molecule has 0 fully saturated rings. The van der Waals surface area contributed by atoms with Gasteiger partial charge in [0.05, 0.1) is 23.4 Å². The van der Waals surface area contributed by atoms with Gasteiger partial charge < -0.3 is 15.2 Å². The van der Waals surface area contributed by atoms with Crippen LogP contribution in [0.2, 0.25) is 0 Å². The van der Waals surface area contributed by atoms with Gasteiger partial charge in [-0.25, -0.2) is 9.07 Å². The summed E-state index contributed by atoms with van der Waals surface area (Å²) in [5.41, 5.74) is 1.01. The lowest BCUT2D eigenvalue weighted by Crippen LogP contribution is -2.48. The van der Waals surface area contributed by atoms with E-state index in [-0.39, 0.29) is 5.82 Å². The van der Waals surface area contributed by atoms with Gasteiger partial charge in [-0.15, -0.1) is 0 Å². The molecule has 6 nitrogen and oxygen atoms in total. The summed E-state index contributed by atoms with van der Waals surface area (Å²) in [5, 5.41) is 18.2. The van der Waals surface area contributed by atoms with Gasteiger partial charge in [0.1, 0.15) is 23.3 Å². The van der Waals surface area contributed by atoms with Gasteiger partial charge in [-0.1, -0.05) is 30.3 Å². The molecule has 4 aromatic rings. The average molecular weight is 448 g/mol. The number of fused-ring (bicyclic) bond motifs is 1. The Labute approximate surface area is 191 Å². The number of ether oxygens (including phenoxy) is 1. The number of carbonyl (C=O) groups is 1. The number of rotatable bonds is 7. The third-order valence-corrected chi connectivity index (χ3v) is 5.37. The molecule has 0 saturated heterocycles. The van der Waals surface area contributed by atoms with Gasteiger partial charge in [-0.3, -0.25) is 4.79 Å². The summed E-state index contributed by atoms with van der Waals surface area (Å²) in [6.07, 6.45) is 1.24. The molecular formula is C26H26FN3O3. The third-order valence-electron chi connectivity index (χ3n) is 5.37. The number of benzene rings is 3. The first-order chi connectivity index (χ1) is 15.7. The number of amides is 1. The van der Waals surface area contributed by atoms with Crippen molar-refractivity contribution in [1.82, 2.24) is 15.1 Å². The van der Waals surface area contributed by atoms with Crippen molar-refractivity contribution in [3.8, 4) is 11.4 Å². The molecule has 0 saturated carbocycles. The van der Waals surface area contributed by atoms with E-state index in [0.717, 1.165) is 22.2 Å². The van der Waals surface area contributed by atoms with E-state index in [9.17, 15) is 14.3 Å². The van der Waals surface area contributed by atoms with Gasteiger partial charge in [0.25, 0.3) is 5.91 Å². The Kier molecular flexibility index (Phi) is 6.16. The maximum atomic E-state index is 13.3. The lowest BCUT2D eigenvalue weighted by Gasteiger charge is -2.28. The molecule has 1 heterocycles. The summed E-state index contributed by atoms with van der Waals surface area (Å²) in [6.45, 7) is 4.73. The minimum atomic E-state index is -1.50. The zero-order chi connectivity index (χ0) is 23.6. The second kappa shape index (κ2) is 9.03. The number of nitrogens with zero attached hydrogens (tertiary/aromatic N) is 2. The van der Waals surface area contributed by atoms with Crippen molar-refractivity contribution in [3.63, 3.8) is 0 Å². The standard InChI is InChI=1S/C26H26FN3O3/c1-17(29-25(31)26(2,3)32)24(18-7-5-4-6-8-18)33-22-13-14-23-19(15-22)16-28-30(23)21-11-9-20(27)10-12-21/h4-17,24,32H,1-3H3,(H,29,31). The smallest absolute Gasteiger partial charge is 0.251 e. The van der Waals surface area contributed by atoms with Crippen molar-refractivity contribution in [2.45, 2.75) is 38.5 Å². The van der Waals surface area contributed by atoms with Gasteiger partial charge >= 0.3 is 0 Å². The quantitative estimate of drug-likeness (QED) is 0.436. The van der Waals surface area contributed by atoms with Crippen LogP contribution in [0.5, 0.6) is 5.75 Å². The van der Waals surface area contributed by atoms with Crippen LogP contribution in [0.3, 0.4) is 0 Å². The normalized spacial score (nSPS) is 13.5. The fraction of sp³-hybridized carbons (Fsp3) is 0.231. The molecule has 2 N–H and O–H groups in total. The van der Waals surface area contributed by atoms with E-state index in [1.165, 1.54) is 26.0 Å². The van der Waals surface area contributed by atoms with E-state index in [4.69, 9.17) is 4.74 Å². The van der Waals surface area contributed by atoms with Crippen molar-refractivity contribution in [1.29, 1.82) is 0 Å². The van der Waals surface area contributed by atoms with Gasteiger partial charge in [0.2, 0.25) is 0 Å². The van der Waals surface area contributed by atoms with E-state index in [0.29, 0.717) is 5.75 Å². The molecule has 0 spiro atoms. The summed E-state index contributed by atoms with van der Waals surface area (Å²) in [6, 6.07) is 20.9. The van der Waals surface area contributed by atoms with Crippen LogP contribution in [0.1, 0.15) is 32.4 Å². The SMILES string of the molecule is CC(NC(=O)C(C)(C)O)C(Oc1ccc2c(cnn2-c2ccc(F)cc2)c1)c1ccccc1. The molecule has 0 bridgehead atoms. The number of halogens is 1. The molecule has 3 aromatic carbocycles. The van der Waals surface area contributed by atoms with Gasteiger partial charge in [0.15, 0.2) is 0 Å². The van der Waals surface area contributed by atoms with Crippen molar-refractivity contribution in [2.75, 3.05) is 0 Å². The Hall–Kier alpha value is -3.71. The predicted molar refractivity (Wildman–Crippen MR) is 125 cm³/mol. The maximum absolute atomic E-state index is 13.3. The first-order valence-electron chi connectivity index (χ1n) is 10.7. The lowest BCUT2D eigenvalue weighted by molar-refractivity contribution is -0.137. The molecule has 33 heavy (non-hydrogen) atoms. The molecule has 2 unspecified atom stereocenters.